The van der Waals surface area contributed by atoms with Crippen LogP contribution in [0.2, 0.25) is 5.02 Å². The summed E-state index contributed by atoms with van der Waals surface area (Å²) in [5.41, 5.74) is 0.738. The van der Waals surface area contributed by atoms with E-state index < -0.39 is 10.9 Å². The van der Waals surface area contributed by atoms with Crippen LogP contribution in [0, 0.1) is 17.0 Å². The van der Waals surface area contributed by atoms with E-state index in [1.807, 2.05) is 6.92 Å². The molecule has 0 atom stereocenters. The van der Waals surface area contributed by atoms with Gasteiger partial charge in [-0.15, -0.1) is 0 Å². The highest BCUT2D eigenvalue weighted by Crippen LogP contribution is 2.21. The van der Waals surface area contributed by atoms with Crippen molar-refractivity contribution < 1.29 is 24.0 Å². The van der Waals surface area contributed by atoms with Crippen molar-refractivity contribution in [3.05, 3.63) is 63.2 Å². The van der Waals surface area contributed by atoms with Crippen LogP contribution >= 0.6 is 11.6 Å². The van der Waals surface area contributed by atoms with Gasteiger partial charge in [0.15, 0.2) is 6.61 Å². The summed E-state index contributed by atoms with van der Waals surface area (Å²) in [7, 11) is 0. The summed E-state index contributed by atoms with van der Waals surface area (Å²) in [6.07, 6.45) is -0.0528. The molecule has 0 aromatic heterocycles. The van der Waals surface area contributed by atoms with Crippen molar-refractivity contribution in [1.82, 2.24) is 5.32 Å². The highest BCUT2D eigenvalue weighted by molar-refractivity contribution is 6.31. The average Bonchev–Trinajstić information content (AvgIpc) is 2.63. The highest BCUT2D eigenvalue weighted by Gasteiger charge is 2.09. The average molecular weight is 393 g/mol. The van der Waals surface area contributed by atoms with Gasteiger partial charge in [0.25, 0.3) is 11.6 Å². The summed E-state index contributed by atoms with van der Waals surface area (Å²) in [4.78, 5) is 33.5. The van der Waals surface area contributed by atoms with E-state index in [1.54, 1.807) is 18.2 Å². The summed E-state index contributed by atoms with van der Waals surface area (Å²) < 4.78 is 10.4. The zero-order chi connectivity index (χ0) is 19.8. The SMILES string of the molecule is Cc1cc(OCC(=O)NCCC(=O)Oc2ccc([N+](=O)[O-])cc2)ccc1Cl. The fourth-order valence-corrected chi connectivity index (χ4v) is 2.15. The number of hydrogen-bond donors (Lipinski definition) is 1. The molecule has 0 saturated carbocycles. The Morgan fingerprint density at radius 3 is 2.44 bits per heavy atom. The zero-order valence-corrected chi connectivity index (χ0v) is 15.2. The molecule has 9 heteroatoms. The Morgan fingerprint density at radius 2 is 1.81 bits per heavy atom. The molecule has 0 aliphatic carbocycles. The molecule has 2 aromatic rings. The number of aryl methyl sites for hydroxylation is 1. The van der Waals surface area contributed by atoms with Gasteiger partial charge >= 0.3 is 5.97 Å². The Balaban J connectivity index is 1.68. The van der Waals surface area contributed by atoms with Crippen LogP contribution in [0.5, 0.6) is 11.5 Å². The molecule has 27 heavy (non-hydrogen) atoms. The molecule has 0 aliphatic heterocycles. The first kappa shape index (κ1) is 20.2. The van der Waals surface area contributed by atoms with Gasteiger partial charge in [-0.1, -0.05) is 11.6 Å². The molecule has 0 fully saturated rings. The van der Waals surface area contributed by atoms with Gasteiger partial charge in [-0.25, -0.2) is 0 Å². The van der Waals surface area contributed by atoms with Gasteiger partial charge in [0.1, 0.15) is 11.5 Å². The molecule has 0 radical (unpaired) electrons. The van der Waals surface area contributed by atoms with Gasteiger partial charge in [-0.2, -0.15) is 0 Å². The number of nitro groups is 1. The molecule has 142 valence electrons. The van der Waals surface area contributed by atoms with Crippen molar-refractivity contribution in [1.29, 1.82) is 0 Å². The van der Waals surface area contributed by atoms with E-state index in [1.165, 1.54) is 24.3 Å². The first-order chi connectivity index (χ1) is 12.8. The molecular weight excluding hydrogens is 376 g/mol. The molecular formula is C18H17ClN2O6. The van der Waals surface area contributed by atoms with Crippen molar-refractivity contribution in [2.75, 3.05) is 13.2 Å². The lowest BCUT2D eigenvalue weighted by molar-refractivity contribution is -0.384. The Hall–Kier alpha value is -3.13. The second kappa shape index (κ2) is 9.54. The number of hydrogen-bond acceptors (Lipinski definition) is 6. The number of rotatable bonds is 8. The second-order valence-corrected chi connectivity index (χ2v) is 5.93. The summed E-state index contributed by atoms with van der Waals surface area (Å²) in [5, 5.41) is 13.7. The number of halogens is 1. The van der Waals surface area contributed by atoms with Gasteiger partial charge in [-0.05, 0) is 42.8 Å². The quantitative estimate of drug-likeness (QED) is 0.320. The number of esters is 1. The molecule has 0 saturated heterocycles. The number of carbonyl (C=O) groups excluding carboxylic acids is 2. The lowest BCUT2D eigenvalue weighted by Gasteiger charge is -2.08. The largest absolute Gasteiger partial charge is 0.484 e. The van der Waals surface area contributed by atoms with Gasteiger partial charge in [0.05, 0.1) is 11.3 Å². The molecule has 0 heterocycles. The van der Waals surface area contributed by atoms with Crippen LogP contribution in [-0.2, 0) is 9.59 Å². The van der Waals surface area contributed by atoms with Crippen LogP contribution < -0.4 is 14.8 Å². The third-order valence-electron chi connectivity index (χ3n) is 3.43. The van der Waals surface area contributed by atoms with Crippen LogP contribution in [0.1, 0.15) is 12.0 Å². The summed E-state index contributed by atoms with van der Waals surface area (Å²) in [6, 6.07) is 10.2. The van der Waals surface area contributed by atoms with Crippen LogP contribution in [0.25, 0.3) is 0 Å². The first-order valence-corrected chi connectivity index (χ1v) is 8.34. The van der Waals surface area contributed by atoms with E-state index in [9.17, 15) is 19.7 Å². The zero-order valence-electron chi connectivity index (χ0n) is 14.4. The summed E-state index contributed by atoms with van der Waals surface area (Å²) >= 11 is 5.91. The lowest BCUT2D eigenvalue weighted by atomic mass is 10.2. The topological polar surface area (TPSA) is 108 Å². The number of nitrogens with one attached hydrogen (secondary N) is 1. The highest BCUT2D eigenvalue weighted by atomic mass is 35.5. The fourth-order valence-electron chi connectivity index (χ4n) is 2.03. The number of benzene rings is 2. The lowest BCUT2D eigenvalue weighted by Crippen LogP contribution is -2.31. The van der Waals surface area contributed by atoms with Crippen molar-refractivity contribution in [2.45, 2.75) is 13.3 Å². The van der Waals surface area contributed by atoms with Crippen LogP contribution in [-0.4, -0.2) is 30.0 Å². The van der Waals surface area contributed by atoms with E-state index in [0.717, 1.165) is 5.56 Å². The monoisotopic (exact) mass is 392 g/mol. The first-order valence-electron chi connectivity index (χ1n) is 7.96. The normalized spacial score (nSPS) is 10.1. The molecule has 8 nitrogen and oxygen atoms in total. The minimum Gasteiger partial charge on any atom is -0.484 e. The number of ether oxygens (including phenoxy) is 2. The molecule has 0 bridgehead atoms. The summed E-state index contributed by atoms with van der Waals surface area (Å²) in [6.45, 7) is 1.71. The van der Waals surface area contributed by atoms with Crippen LogP contribution in [0.4, 0.5) is 5.69 Å². The number of nitro benzene ring substituents is 1. The predicted molar refractivity (Wildman–Crippen MR) is 98.0 cm³/mol. The molecule has 1 N–H and O–H groups in total. The molecule has 2 rings (SSSR count). The molecule has 1 amide bonds. The number of nitrogens with zero attached hydrogens (tertiary/aromatic N) is 1. The third kappa shape index (κ3) is 6.59. The minimum absolute atomic E-state index is 0.0528. The van der Waals surface area contributed by atoms with Gasteiger partial charge in [0.2, 0.25) is 0 Å². The van der Waals surface area contributed by atoms with Gasteiger partial charge < -0.3 is 14.8 Å². The van der Waals surface area contributed by atoms with Crippen LogP contribution in [0.15, 0.2) is 42.5 Å². The van der Waals surface area contributed by atoms with Crippen LogP contribution in [0.3, 0.4) is 0 Å². The Kier molecular flexibility index (Phi) is 7.13. The number of amides is 1. The second-order valence-electron chi connectivity index (χ2n) is 5.52. The van der Waals surface area contributed by atoms with Crippen molar-refractivity contribution in [2.24, 2.45) is 0 Å². The van der Waals surface area contributed by atoms with E-state index >= 15 is 0 Å². The van der Waals surface area contributed by atoms with Gasteiger partial charge in [-0.3, -0.25) is 19.7 Å². The summed E-state index contributed by atoms with van der Waals surface area (Å²) in [5.74, 6) is -0.243. The maximum absolute atomic E-state index is 11.7. The Bertz CT molecular complexity index is 838. The molecule has 2 aromatic carbocycles. The van der Waals surface area contributed by atoms with E-state index in [4.69, 9.17) is 21.1 Å². The maximum atomic E-state index is 11.7. The Labute approximate surface area is 160 Å². The van der Waals surface area contributed by atoms with E-state index in [2.05, 4.69) is 5.32 Å². The standard InChI is InChI=1S/C18H17ClN2O6/c1-12-10-15(6-7-16(12)19)26-11-17(22)20-9-8-18(23)27-14-4-2-13(3-5-14)21(24)25/h2-7,10H,8-9,11H2,1H3,(H,20,22). The number of non-ortho nitro benzene ring substituents is 1. The van der Waals surface area contributed by atoms with E-state index in [0.29, 0.717) is 10.8 Å². The van der Waals surface area contributed by atoms with Crippen molar-refractivity contribution >= 4 is 29.2 Å². The Morgan fingerprint density at radius 1 is 1.15 bits per heavy atom. The minimum atomic E-state index is -0.571. The van der Waals surface area contributed by atoms with Crippen molar-refractivity contribution in [3.63, 3.8) is 0 Å². The number of carbonyl (C=O) groups is 2. The fraction of sp³-hybridized carbons (Fsp3) is 0.222. The maximum Gasteiger partial charge on any atom is 0.312 e. The molecule has 0 aliphatic rings. The third-order valence-corrected chi connectivity index (χ3v) is 3.85. The smallest absolute Gasteiger partial charge is 0.312 e. The van der Waals surface area contributed by atoms with E-state index in [-0.39, 0.29) is 36.9 Å². The molecule has 0 unspecified atom stereocenters. The molecule has 0 spiro atoms. The van der Waals surface area contributed by atoms with Gasteiger partial charge in [0, 0.05) is 23.7 Å². The predicted octanol–water partition coefficient (Wildman–Crippen LogP) is 3.05. The van der Waals surface area contributed by atoms with Crippen molar-refractivity contribution in [3.8, 4) is 11.5 Å².